The van der Waals surface area contributed by atoms with Gasteiger partial charge < -0.3 is 21.5 Å². The maximum Gasteiger partial charge on any atom is 0.255 e. The third kappa shape index (κ3) is 4.47. The van der Waals surface area contributed by atoms with Crippen LogP contribution >= 0.6 is 0 Å². The van der Waals surface area contributed by atoms with Gasteiger partial charge >= 0.3 is 0 Å². The van der Waals surface area contributed by atoms with Crippen LogP contribution in [0.1, 0.15) is 21.6 Å². The molecule has 7 nitrogen and oxygen atoms in total. The van der Waals surface area contributed by atoms with Gasteiger partial charge in [0.25, 0.3) is 5.91 Å². The van der Waals surface area contributed by atoms with Crippen LogP contribution < -0.4 is 21.5 Å². The summed E-state index contributed by atoms with van der Waals surface area (Å²) in [7, 11) is 0. The van der Waals surface area contributed by atoms with Gasteiger partial charge in [0, 0.05) is 0 Å². The summed E-state index contributed by atoms with van der Waals surface area (Å²) >= 11 is 0. The van der Waals surface area contributed by atoms with E-state index in [2.05, 4.69) is 15.3 Å². The largest absolute Gasteiger partial charge is 0.487 e. The van der Waals surface area contributed by atoms with E-state index in [4.69, 9.17) is 16.2 Å². The Morgan fingerprint density at radius 3 is 2.54 bits per heavy atom. The fraction of sp³-hybridized carbons (Fsp3) is 0.105. The first-order valence-electron chi connectivity index (χ1n) is 8.03. The van der Waals surface area contributed by atoms with E-state index >= 15 is 0 Å². The lowest BCUT2D eigenvalue weighted by atomic mass is 10.2. The number of rotatable bonds is 6. The molecule has 7 heteroatoms. The molecule has 0 unspecified atom stereocenters. The summed E-state index contributed by atoms with van der Waals surface area (Å²) in [5, 5.41) is 2.75. The molecule has 2 heterocycles. The molecule has 2 aromatic heterocycles. The predicted molar refractivity (Wildman–Crippen MR) is 99.2 cm³/mol. The molecule has 3 rings (SSSR count). The lowest BCUT2D eigenvalue weighted by molar-refractivity contribution is 0.0951. The van der Waals surface area contributed by atoms with Crippen LogP contribution in [-0.2, 0) is 13.2 Å². The highest BCUT2D eigenvalue weighted by Crippen LogP contribution is 2.13. The Hall–Kier alpha value is -3.61. The number of hydrogen-bond donors (Lipinski definition) is 3. The molecule has 0 fully saturated rings. The van der Waals surface area contributed by atoms with Crippen molar-refractivity contribution in [2.75, 3.05) is 11.5 Å². The number of carbonyl (C=O) groups excluding carboxylic acids is 1. The van der Waals surface area contributed by atoms with Crippen LogP contribution in [0.5, 0.6) is 5.75 Å². The van der Waals surface area contributed by atoms with Crippen LogP contribution in [0.25, 0.3) is 0 Å². The molecule has 0 bridgehead atoms. The smallest absolute Gasteiger partial charge is 0.255 e. The van der Waals surface area contributed by atoms with Gasteiger partial charge in [-0.2, -0.15) is 0 Å². The van der Waals surface area contributed by atoms with E-state index in [9.17, 15) is 4.79 Å². The Morgan fingerprint density at radius 1 is 1.04 bits per heavy atom. The van der Waals surface area contributed by atoms with Crippen LogP contribution in [0.3, 0.4) is 0 Å². The molecule has 0 saturated carbocycles. The van der Waals surface area contributed by atoms with E-state index in [0.29, 0.717) is 18.1 Å². The number of anilines is 2. The third-order valence-electron chi connectivity index (χ3n) is 3.67. The zero-order valence-corrected chi connectivity index (χ0v) is 14.1. The van der Waals surface area contributed by atoms with Crippen LogP contribution in [0.15, 0.2) is 60.8 Å². The monoisotopic (exact) mass is 349 g/mol. The summed E-state index contributed by atoms with van der Waals surface area (Å²) in [6.45, 7) is 0.740. The molecule has 5 N–H and O–H groups in total. The van der Waals surface area contributed by atoms with Gasteiger partial charge in [0.1, 0.15) is 24.0 Å². The van der Waals surface area contributed by atoms with Crippen molar-refractivity contribution in [3.63, 3.8) is 0 Å². The lowest BCUT2D eigenvalue weighted by Crippen LogP contribution is -2.24. The molecule has 0 saturated heterocycles. The normalized spacial score (nSPS) is 10.3. The van der Waals surface area contributed by atoms with Crippen LogP contribution in [0.2, 0.25) is 0 Å². The highest BCUT2D eigenvalue weighted by Gasteiger charge is 2.11. The molecule has 0 aliphatic rings. The second-order valence-electron chi connectivity index (χ2n) is 5.61. The first kappa shape index (κ1) is 17.2. The van der Waals surface area contributed by atoms with Gasteiger partial charge in [-0.25, -0.2) is 4.98 Å². The Morgan fingerprint density at radius 2 is 1.85 bits per heavy atom. The summed E-state index contributed by atoms with van der Waals surface area (Å²) < 4.78 is 5.68. The maximum absolute atomic E-state index is 12.2. The molecule has 26 heavy (non-hydrogen) atoms. The molecule has 0 atom stereocenters. The Labute approximate surface area is 151 Å². The first-order chi connectivity index (χ1) is 12.6. The van der Waals surface area contributed by atoms with Crippen LogP contribution in [0.4, 0.5) is 11.6 Å². The SMILES string of the molecule is Nc1ccc(C(=O)NCc2ccc(OCc3ccccc3)cn2)c(N)n1. The minimum absolute atomic E-state index is 0.0973. The van der Waals surface area contributed by atoms with Crippen LogP contribution in [-0.4, -0.2) is 15.9 Å². The van der Waals surface area contributed by atoms with E-state index < -0.39 is 0 Å². The quantitative estimate of drug-likeness (QED) is 0.628. The molecule has 3 aromatic rings. The van der Waals surface area contributed by atoms with Gasteiger partial charge in [0.2, 0.25) is 0 Å². The van der Waals surface area contributed by atoms with E-state index in [0.717, 1.165) is 5.56 Å². The van der Waals surface area contributed by atoms with Crippen molar-refractivity contribution in [1.29, 1.82) is 0 Å². The Balaban J connectivity index is 1.53. The summed E-state index contributed by atoms with van der Waals surface area (Å²) in [6.07, 6.45) is 1.63. The van der Waals surface area contributed by atoms with E-state index in [1.807, 2.05) is 36.4 Å². The second-order valence-corrected chi connectivity index (χ2v) is 5.61. The molecule has 0 aliphatic carbocycles. The minimum Gasteiger partial charge on any atom is -0.487 e. The Kier molecular flexibility index (Phi) is 5.28. The van der Waals surface area contributed by atoms with E-state index in [-0.39, 0.29) is 29.7 Å². The van der Waals surface area contributed by atoms with Crippen molar-refractivity contribution in [3.05, 3.63) is 77.6 Å². The fourth-order valence-electron chi connectivity index (χ4n) is 2.29. The van der Waals surface area contributed by atoms with Gasteiger partial charge in [-0.1, -0.05) is 30.3 Å². The topological polar surface area (TPSA) is 116 Å². The highest BCUT2D eigenvalue weighted by atomic mass is 16.5. The number of nitrogens with two attached hydrogens (primary N) is 2. The van der Waals surface area contributed by atoms with Crippen molar-refractivity contribution < 1.29 is 9.53 Å². The number of hydrogen-bond acceptors (Lipinski definition) is 6. The number of nitrogens with zero attached hydrogens (tertiary/aromatic N) is 2. The minimum atomic E-state index is -0.332. The number of nitrogens with one attached hydrogen (secondary N) is 1. The van der Waals surface area contributed by atoms with E-state index in [1.165, 1.54) is 6.07 Å². The average Bonchev–Trinajstić information content (AvgIpc) is 2.66. The average molecular weight is 349 g/mol. The van der Waals surface area contributed by atoms with Crippen molar-refractivity contribution in [1.82, 2.24) is 15.3 Å². The number of amides is 1. The number of pyridine rings is 2. The van der Waals surface area contributed by atoms with Gasteiger partial charge in [-0.15, -0.1) is 0 Å². The van der Waals surface area contributed by atoms with E-state index in [1.54, 1.807) is 18.3 Å². The van der Waals surface area contributed by atoms with Crippen molar-refractivity contribution >= 4 is 17.5 Å². The number of nitrogen functional groups attached to an aromatic ring is 2. The molecular formula is C19H19N5O2. The third-order valence-corrected chi connectivity index (χ3v) is 3.67. The van der Waals surface area contributed by atoms with Gasteiger partial charge in [-0.05, 0) is 29.8 Å². The number of carbonyl (C=O) groups is 1. The lowest BCUT2D eigenvalue weighted by Gasteiger charge is -2.09. The highest BCUT2D eigenvalue weighted by molar-refractivity contribution is 5.98. The maximum atomic E-state index is 12.2. The summed E-state index contributed by atoms with van der Waals surface area (Å²) in [5.74, 6) is 0.698. The zero-order chi connectivity index (χ0) is 18.4. The van der Waals surface area contributed by atoms with Crippen LogP contribution in [0, 0.1) is 0 Å². The Bertz CT molecular complexity index is 882. The molecule has 132 valence electrons. The van der Waals surface area contributed by atoms with Gasteiger partial charge in [0.05, 0.1) is 24.0 Å². The molecule has 0 spiro atoms. The van der Waals surface area contributed by atoms with Crippen molar-refractivity contribution in [2.24, 2.45) is 0 Å². The van der Waals surface area contributed by atoms with Gasteiger partial charge in [-0.3, -0.25) is 9.78 Å². The summed E-state index contributed by atoms with van der Waals surface area (Å²) in [4.78, 5) is 20.3. The van der Waals surface area contributed by atoms with Gasteiger partial charge in [0.15, 0.2) is 0 Å². The predicted octanol–water partition coefficient (Wildman–Crippen LogP) is 2.15. The molecular weight excluding hydrogens is 330 g/mol. The number of ether oxygens (including phenoxy) is 1. The number of benzene rings is 1. The standard InChI is InChI=1S/C19H19N5O2/c20-17-9-8-16(18(21)24-17)19(25)23-10-14-6-7-15(11-22-14)26-12-13-4-2-1-3-5-13/h1-9,11H,10,12H2,(H,23,25)(H4,20,21,24). The van der Waals surface area contributed by atoms with Crippen molar-refractivity contribution in [2.45, 2.75) is 13.2 Å². The molecule has 0 radical (unpaired) electrons. The fourth-order valence-corrected chi connectivity index (χ4v) is 2.29. The first-order valence-corrected chi connectivity index (χ1v) is 8.03. The number of aromatic nitrogens is 2. The molecule has 0 aliphatic heterocycles. The molecule has 1 aromatic carbocycles. The second kappa shape index (κ2) is 7.98. The summed E-state index contributed by atoms with van der Waals surface area (Å²) in [6, 6.07) is 16.6. The molecule has 1 amide bonds. The van der Waals surface area contributed by atoms with Crippen molar-refractivity contribution in [3.8, 4) is 5.75 Å². The summed E-state index contributed by atoms with van der Waals surface area (Å²) in [5.41, 5.74) is 13.3. The zero-order valence-electron chi connectivity index (χ0n) is 14.1.